The first-order valence-corrected chi connectivity index (χ1v) is 5.07. The molecule has 0 aliphatic carbocycles. The maximum absolute atomic E-state index is 9.65. The van der Waals surface area contributed by atoms with Crippen LogP contribution < -0.4 is 0 Å². The summed E-state index contributed by atoms with van der Waals surface area (Å²) < 4.78 is 0.716. The molecule has 1 heterocycles. The molecule has 0 aliphatic rings. The summed E-state index contributed by atoms with van der Waals surface area (Å²) in [6.45, 7) is 0. The number of aromatic hydroxyl groups is 1. The van der Waals surface area contributed by atoms with Crippen LogP contribution in [0.15, 0.2) is 24.4 Å². The van der Waals surface area contributed by atoms with Crippen LogP contribution >= 0.6 is 34.2 Å². The Morgan fingerprint density at radius 3 is 3.00 bits per heavy atom. The van der Waals surface area contributed by atoms with E-state index in [9.17, 15) is 5.11 Å². The highest BCUT2D eigenvalue weighted by atomic mass is 123. The number of fused-ring (bicyclic) bond motifs is 1. The molecular weight excluding hydrogens is 296 g/mol. The quantitative estimate of drug-likeness (QED) is 0.758. The van der Waals surface area contributed by atoms with E-state index >= 15 is 0 Å². The van der Waals surface area contributed by atoms with Gasteiger partial charge in [0.25, 0.3) is 0 Å². The lowest BCUT2D eigenvalue weighted by Gasteiger charge is -2.03. The summed E-state index contributed by atoms with van der Waals surface area (Å²) in [5, 5.41) is 11.0. The van der Waals surface area contributed by atoms with E-state index < -0.39 is 0 Å². The summed E-state index contributed by atoms with van der Waals surface area (Å²) in [4.78, 5) is 4.06. The molecule has 0 bridgehead atoms. The van der Waals surface area contributed by atoms with E-state index in [4.69, 9.17) is 11.6 Å². The molecule has 2 nitrogen and oxygen atoms in total. The van der Waals surface area contributed by atoms with Crippen LogP contribution in [0.3, 0.4) is 0 Å². The SMILES string of the molecule is Oc1c([123I])cc(Cl)c2cccnc12. The number of rotatable bonds is 0. The fraction of sp³-hybridized carbons (Fsp3) is 0. The number of hydrogen-bond acceptors (Lipinski definition) is 2. The first-order chi connectivity index (χ1) is 6.20. The van der Waals surface area contributed by atoms with Gasteiger partial charge in [-0.15, -0.1) is 0 Å². The minimum atomic E-state index is 0.195. The van der Waals surface area contributed by atoms with E-state index in [1.165, 1.54) is 0 Å². The highest BCUT2D eigenvalue weighted by Crippen LogP contribution is 2.33. The zero-order valence-corrected chi connectivity index (χ0v) is 9.37. The Balaban J connectivity index is 2.97. The molecule has 4 heteroatoms. The molecule has 0 atom stereocenters. The topological polar surface area (TPSA) is 33.1 Å². The Kier molecular flexibility index (Phi) is 2.29. The molecule has 0 spiro atoms. The van der Waals surface area contributed by atoms with Crippen LogP contribution in [0.25, 0.3) is 10.9 Å². The van der Waals surface area contributed by atoms with Crippen molar-refractivity contribution in [3.63, 3.8) is 0 Å². The largest absolute Gasteiger partial charge is 0.505 e. The molecule has 0 radical (unpaired) electrons. The molecule has 0 amide bonds. The van der Waals surface area contributed by atoms with Crippen LogP contribution in [0, 0.1) is 3.57 Å². The second-order valence-corrected chi connectivity index (χ2v) is 4.16. The molecule has 2 rings (SSSR count). The van der Waals surface area contributed by atoms with Gasteiger partial charge in [0.1, 0.15) is 5.52 Å². The van der Waals surface area contributed by atoms with Gasteiger partial charge in [0.2, 0.25) is 0 Å². The number of hydrogen-bond donors (Lipinski definition) is 1. The first kappa shape index (κ1) is 9.02. The van der Waals surface area contributed by atoms with Gasteiger partial charge in [-0.1, -0.05) is 11.6 Å². The fourth-order valence-corrected chi connectivity index (χ4v) is 2.17. The summed E-state index contributed by atoms with van der Waals surface area (Å²) in [5.74, 6) is 0.195. The molecule has 0 saturated heterocycles. The van der Waals surface area contributed by atoms with E-state index in [-0.39, 0.29) is 5.75 Å². The monoisotopic (exact) mass is 301 g/mol. The van der Waals surface area contributed by atoms with Gasteiger partial charge in [0.05, 0.1) is 8.59 Å². The molecule has 0 unspecified atom stereocenters. The second-order valence-electron chi connectivity index (χ2n) is 2.59. The summed E-state index contributed by atoms with van der Waals surface area (Å²) >= 11 is 8.00. The average Bonchev–Trinajstić information content (AvgIpc) is 2.15. The number of aromatic nitrogens is 1. The molecule has 1 N–H and O–H groups in total. The van der Waals surface area contributed by atoms with E-state index in [2.05, 4.69) is 4.98 Å². The smallest absolute Gasteiger partial charge is 0.155 e. The maximum Gasteiger partial charge on any atom is 0.155 e. The van der Waals surface area contributed by atoms with Gasteiger partial charge in [0, 0.05) is 11.6 Å². The van der Waals surface area contributed by atoms with Crippen molar-refractivity contribution in [3.8, 4) is 5.75 Å². The van der Waals surface area contributed by atoms with Crippen molar-refractivity contribution in [3.05, 3.63) is 33.0 Å². The second kappa shape index (κ2) is 3.31. The lowest BCUT2D eigenvalue weighted by molar-refractivity contribution is 0.476. The van der Waals surface area contributed by atoms with Crippen molar-refractivity contribution in [1.82, 2.24) is 4.98 Å². The predicted octanol–water partition coefficient (Wildman–Crippen LogP) is 3.20. The highest BCUT2D eigenvalue weighted by molar-refractivity contribution is 14.1. The van der Waals surface area contributed by atoms with Crippen molar-refractivity contribution < 1.29 is 5.11 Å². The Morgan fingerprint density at radius 2 is 2.23 bits per heavy atom. The molecule has 0 aliphatic heterocycles. The molecule has 1 aromatic carbocycles. The molecule has 2 aromatic rings. The third-order valence-electron chi connectivity index (χ3n) is 1.77. The standard InChI is InChI=1S/C9H5ClINO/c10-6-4-7(11)9(13)8-5(6)2-1-3-12-8/h1-4,13H/i11-4. The summed E-state index contributed by atoms with van der Waals surface area (Å²) in [5.41, 5.74) is 0.555. The van der Waals surface area contributed by atoms with E-state index in [0.717, 1.165) is 5.39 Å². The number of halogens is 2. The average molecular weight is 302 g/mol. The fourth-order valence-electron chi connectivity index (χ4n) is 1.16. The van der Waals surface area contributed by atoms with Crippen molar-refractivity contribution in [2.75, 3.05) is 0 Å². The van der Waals surface area contributed by atoms with Crippen LogP contribution in [0.4, 0.5) is 0 Å². The van der Waals surface area contributed by atoms with Crippen molar-refractivity contribution in [2.45, 2.75) is 0 Å². The van der Waals surface area contributed by atoms with E-state index in [1.54, 1.807) is 18.3 Å². The molecule has 0 fully saturated rings. The number of nitrogens with zero attached hydrogens (tertiary/aromatic N) is 1. The minimum absolute atomic E-state index is 0.195. The van der Waals surface area contributed by atoms with Crippen LogP contribution in [0.5, 0.6) is 5.75 Å². The Morgan fingerprint density at radius 1 is 1.46 bits per heavy atom. The van der Waals surface area contributed by atoms with Gasteiger partial charge >= 0.3 is 0 Å². The third kappa shape index (κ3) is 1.46. The zero-order chi connectivity index (χ0) is 9.42. The number of phenolic OH excluding ortho intramolecular Hbond substituents is 1. The zero-order valence-electron chi connectivity index (χ0n) is 6.46. The summed E-state index contributed by atoms with van der Waals surface area (Å²) in [6.07, 6.45) is 1.63. The first-order valence-electron chi connectivity index (χ1n) is 3.62. The van der Waals surface area contributed by atoms with Gasteiger partial charge in [-0.3, -0.25) is 4.98 Å². The predicted molar refractivity (Wildman–Crippen MR) is 61.1 cm³/mol. The Labute approximate surface area is 93.7 Å². The van der Waals surface area contributed by atoms with Gasteiger partial charge in [-0.2, -0.15) is 0 Å². The molecule has 13 heavy (non-hydrogen) atoms. The minimum Gasteiger partial charge on any atom is -0.505 e. The lowest BCUT2D eigenvalue weighted by Crippen LogP contribution is -1.83. The van der Waals surface area contributed by atoms with Crippen molar-refractivity contribution in [2.24, 2.45) is 0 Å². The Bertz CT molecular complexity index is 472. The number of pyridine rings is 1. The van der Waals surface area contributed by atoms with Crippen LogP contribution in [-0.4, -0.2) is 10.1 Å². The third-order valence-corrected chi connectivity index (χ3v) is 2.90. The molecule has 0 saturated carbocycles. The molecular formula is C9H5ClINO. The molecule has 66 valence electrons. The van der Waals surface area contributed by atoms with Crippen LogP contribution in [0.2, 0.25) is 5.02 Å². The summed E-state index contributed by atoms with van der Waals surface area (Å²) in [7, 11) is 0. The normalized spacial score (nSPS) is 10.6. The van der Waals surface area contributed by atoms with Crippen LogP contribution in [0.1, 0.15) is 0 Å². The molecule has 1 aromatic heterocycles. The van der Waals surface area contributed by atoms with Crippen molar-refractivity contribution in [1.29, 1.82) is 0 Å². The van der Waals surface area contributed by atoms with Crippen molar-refractivity contribution >= 4 is 45.1 Å². The highest BCUT2D eigenvalue weighted by Gasteiger charge is 2.08. The van der Waals surface area contributed by atoms with Gasteiger partial charge < -0.3 is 5.11 Å². The van der Waals surface area contributed by atoms with Gasteiger partial charge in [-0.25, -0.2) is 0 Å². The number of benzene rings is 1. The van der Waals surface area contributed by atoms with Crippen LogP contribution in [-0.2, 0) is 0 Å². The van der Waals surface area contributed by atoms with E-state index in [1.807, 2.05) is 28.7 Å². The maximum atomic E-state index is 9.65. The van der Waals surface area contributed by atoms with Gasteiger partial charge in [-0.05, 0) is 40.8 Å². The number of phenols is 1. The summed E-state index contributed by atoms with van der Waals surface area (Å²) in [6, 6.07) is 5.35. The van der Waals surface area contributed by atoms with E-state index in [0.29, 0.717) is 14.1 Å². The lowest BCUT2D eigenvalue weighted by atomic mass is 10.2. The van der Waals surface area contributed by atoms with Gasteiger partial charge in [0.15, 0.2) is 5.75 Å². The Hall–Kier alpha value is -0.550.